The van der Waals surface area contributed by atoms with Crippen molar-refractivity contribution >= 4 is 11.8 Å². The first-order valence-electron chi connectivity index (χ1n) is 7.86. The minimum atomic E-state index is -0.407. The number of carbonyl (C=O) groups excluding carboxylic acids is 2. The molecule has 1 aliphatic carbocycles. The van der Waals surface area contributed by atoms with Crippen LogP contribution >= 0.6 is 0 Å². The average molecular weight is 281 g/mol. The van der Waals surface area contributed by atoms with E-state index >= 15 is 0 Å². The van der Waals surface area contributed by atoms with Crippen LogP contribution in [0.5, 0.6) is 0 Å². The summed E-state index contributed by atoms with van der Waals surface area (Å²) in [5.41, 5.74) is 11.5. The fourth-order valence-electron chi connectivity index (χ4n) is 3.68. The number of likely N-dealkylation sites (tertiary alicyclic amines) is 1. The number of carbonyl (C=O) groups is 2. The molecule has 4 N–H and O–H groups in total. The molecule has 20 heavy (non-hydrogen) atoms. The molecule has 4 unspecified atom stereocenters. The van der Waals surface area contributed by atoms with Crippen molar-refractivity contribution in [2.75, 3.05) is 6.54 Å². The van der Waals surface area contributed by atoms with Gasteiger partial charge >= 0.3 is 0 Å². The second kappa shape index (κ2) is 6.57. The quantitative estimate of drug-likeness (QED) is 0.809. The molecule has 2 fully saturated rings. The maximum Gasteiger partial charge on any atom is 0.240 e. The Morgan fingerprint density at radius 3 is 2.55 bits per heavy atom. The van der Waals surface area contributed by atoms with Crippen LogP contribution in [0.2, 0.25) is 0 Å². The van der Waals surface area contributed by atoms with Crippen molar-refractivity contribution in [1.82, 2.24) is 4.90 Å². The molecule has 5 heteroatoms. The first kappa shape index (κ1) is 15.3. The van der Waals surface area contributed by atoms with Crippen molar-refractivity contribution in [2.24, 2.45) is 23.3 Å². The van der Waals surface area contributed by atoms with Crippen LogP contribution < -0.4 is 11.5 Å². The molecule has 1 heterocycles. The zero-order chi connectivity index (χ0) is 14.7. The van der Waals surface area contributed by atoms with Crippen molar-refractivity contribution in [3.8, 4) is 0 Å². The first-order chi connectivity index (χ1) is 9.50. The zero-order valence-corrected chi connectivity index (χ0v) is 12.4. The van der Waals surface area contributed by atoms with Crippen molar-refractivity contribution in [2.45, 2.75) is 64.0 Å². The SMILES string of the molecule is CC(C(=O)N1CCCCC1C(N)=O)C1CCCC(N)C1. The van der Waals surface area contributed by atoms with E-state index in [2.05, 4.69) is 0 Å². The predicted molar refractivity (Wildman–Crippen MR) is 77.6 cm³/mol. The van der Waals surface area contributed by atoms with E-state index in [9.17, 15) is 9.59 Å². The van der Waals surface area contributed by atoms with Gasteiger partial charge in [-0.2, -0.15) is 0 Å². The van der Waals surface area contributed by atoms with Gasteiger partial charge in [0.1, 0.15) is 6.04 Å². The Kier molecular flexibility index (Phi) is 5.02. The number of amides is 2. The van der Waals surface area contributed by atoms with E-state index in [1.807, 2.05) is 6.92 Å². The molecule has 0 radical (unpaired) electrons. The predicted octanol–water partition coefficient (Wildman–Crippen LogP) is 1.01. The summed E-state index contributed by atoms with van der Waals surface area (Å²) in [6.45, 7) is 2.65. The van der Waals surface area contributed by atoms with Crippen molar-refractivity contribution in [3.05, 3.63) is 0 Å². The van der Waals surface area contributed by atoms with E-state index < -0.39 is 6.04 Å². The maximum absolute atomic E-state index is 12.7. The Morgan fingerprint density at radius 2 is 1.90 bits per heavy atom. The second-order valence-electron chi connectivity index (χ2n) is 6.42. The topological polar surface area (TPSA) is 89.4 Å². The van der Waals surface area contributed by atoms with Crippen LogP contribution in [0.3, 0.4) is 0 Å². The standard InChI is InChI=1S/C15H27N3O2/c1-10(11-5-4-6-12(16)9-11)15(20)18-8-3-2-7-13(18)14(17)19/h10-13H,2-9,16H2,1H3,(H2,17,19). The van der Waals surface area contributed by atoms with Gasteiger partial charge in [0.15, 0.2) is 0 Å². The van der Waals surface area contributed by atoms with Gasteiger partial charge in [-0.1, -0.05) is 13.3 Å². The molecular weight excluding hydrogens is 254 g/mol. The number of rotatable bonds is 3. The van der Waals surface area contributed by atoms with Gasteiger partial charge in [0, 0.05) is 18.5 Å². The minimum Gasteiger partial charge on any atom is -0.368 e. The van der Waals surface area contributed by atoms with Crippen LogP contribution in [0.4, 0.5) is 0 Å². The number of hydrogen-bond acceptors (Lipinski definition) is 3. The van der Waals surface area contributed by atoms with Gasteiger partial charge in [-0.3, -0.25) is 9.59 Å². The molecule has 0 aromatic heterocycles. The second-order valence-corrected chi connectivity index (χ2v) is 6.42. The Labute approximate surface area is 121 Å². The van der Waals surface area contributed by atoms with E-state index in [0.717, 1.165) is 38.5 Å². The fraction of sp³-hybridized carbons (Fsp3) is 0.867. The molecule has 5 nitrogen and oxygen atoms in total. The van der Waals surface area contributed by atoms with E-state index in [-0.39, 0.29) is 23.8 Å². The number of hydrogen-bond donors (Lipinski definition) is 2. The zero-order valence-electron chi connectivity index (χ0n) is 12.4. The van der Waals surface area contributed by atoms with Gasteiger partial charge in [0.2, 0.25) is 11.8 Å². The molecule has 2 amide bonds. The lowest BCUT2D eigenvalue weighted by Gasteiger charge is -2.38. The molecule has 1 saturated heterocycles. The summed E-state index contributed by atoms with van der Waals surface area (Å²) >= 11 is 0. The summed E-state index contributed by atoms with van der Waals surface area (Å²) in [5, 5.41) is 0. The van der Waals surface area contributed by atoms with E-state index in [1.165, 1.54) is 0 Å². The van der Waals surface area contributed by atoms with Crippen molar-refractivity contribution < 1.29 is 9.59 Å². The molecule has 0 aromatic rings. The van der Waals surface area contributed by atoms with Crippen LogP contribution in [0.15, 0.2) is 0 Å². The smallest absolute Gasteiger partial charge is 0.240 e. The van der Waals surface area contributed by atoms with E-state index in [1.54, 1.807) is 4.90 Å². The fourth-order valence-corrected chi connectivity index (χ4v) is 3.68. The summed E-state index contributed by atoms with van der Waals surface area (Å²) in [5.74, 6) is 0.0150. The highest BCUT2D eigenvalue weighted by atomic mass is 16.2. The lowest BCUT2D eigenvalue weighted by molar-refractivity contribution is -0.145. The van der Waals surface area contributed by atoms with Gasteiger partial charge in [0.25, 0.3) is 0 Å². The number of piperidine rings is 1. The Balaban J connectivity index is 2.02. The van der Waals surface area contributed by atoms with E-state index in [4.69, 9.17) is 11.5 Å². The number of nitrogens with two attached hydrogens (primary N) is 2. The lowest BCUT2D eigenvalue weighted by atomic mass is 9.78. The molecule has 1 aliphatic heterocycles. The molecule has 0 aromatic carbocycles. The van der Waals surface area contributed by atoms with Crippen LogP contribution in [0, 0.1) is 11.8 Å². The van der Waals surface area contributed by atoms with Crippen LogP contribution in [-0.2, 0) is 9.59 Å². The summed E-state index contributed by atoms with van der Waals surface area (Å²) in [7, 11) is 0. The maximum atomic E-state index is 12.7. The molecule has 0 bridgehead atoms. The van der Waals surface area contributed by atoms with Gasteiger partial charge in [0.05, 0.1) is 0 Å². The molecule has 2 rings (SSSR count). The lowest BCUT2D eigenvalue weighted by Crippen LogP contribution is -2.53. The minimum absolute atomic E-state index is 0.0544. The normalized spacial score (nSPS) is 32.7. The van der Waals surface area contributed by atoms with Crippen molar-refractivity contribution in [3.63, 3.8) is 0 Å². The highest BCUT2D eigenvalue weighted by molar-refractivity contribution is 5.87. The number of primary amides is 1. The van der Waals surface area contributed by atoms with Gasteiger partial charge in [-0.25, -0.2) is 0 Å². The molecular formula is C15H27N3O2. The Hall–Kier alpha value is -1.10. The molecule has 114 valence electrons. The molecule has 0 spiro atoms. The third-order valence-electron chi connectivity index (χ3n) is 4.97. The highest BCUT2D eigenvalue weighted by Gasteiger charge is 2.36. The van der Waals surface area contributed by atoms with Gasteiger partial charge in [-0.05, 0) is 44.4 Å². The summed E-state index contributed by atoms with van der Waals surface area (Å²) in [6.07, 6.45) is 6.79. The van der Waals surface area contributed by atoms with Gasteiger partial charge in [-0.15, -0.1) is 0 Å². The summed E-state index contributed by atoms with van der Waals surface area (Å²) in [6, 6.07) is -0.187. The third-order valence-corrected chi connectivity index (χ3v) is 4.97. The monoisotopic (exact) mass is 281 g/mol. The summed E-state index contributed by atoms with van der Waals surface area (Å²) < 4.78 is 0. The Morgan fingerprint density at radius 1 is 1.15 bits per heavy atom. The first-order valence-corrected chi connectivity index (χ1v) is 7.86. The Bertz CT molecular complexity index is 372. The average Bonchev–Trinajstić information content (AvgIpc) is 2.45. The van der Waals surface area contributed by atoms with Crippen LogP contribution in [0.1, 0.15) is 51.9 Å². The number of nitrogens with zero attached hydrogens (tertiary/aromatic N) is 1. The van der Waals surface area contributed by atoms with Crippen LogP contribution in [-0.4, -0.2) is 35.3 Å². The largest absolute Gasteiger partial charge is 0.368 e. The van der Waals surface area contributed by atoms with Crippen molar-refractivity contribution in [1.29, 1.82) is 0 Å². The molecule has 2 aliphatic rings. The third kappa shape index (κ3) is 3.32. The van der Waals surface area contributed by atoms with Gasteiger partial charge < -0.3 is 16.4 Å². The highest BCUT2D eigenvalue weighted by Crippen LogP contribution is 2.31. The molecule has 4 atom stereocenters. The summed E-state index contributed by atoms with van der Waals surface area (Å²) in [4.78, 5) is 25.9. The van der Waals surface area contributed by atoms with Crippen LogP contribution in [0.25, 0.3) is 0 Å². The molecule has 1 saturated carbocycles. The van der Waals surface area contributed by atoms with E-state index in [0.29, 0.717) is 18.9 Å².